The molecule has 0 aliphatic rings. The Morgan fingerprint density at radius 3 is 2.80 bits per heavy atom. The lowest BCUT2D eigenvalue weighted by molar-refractivity contribution is -0.118. The first kappa shape index (κ1) is 7.08. The Kier molecular flexibility index (Phi) is 1.91. The second-order valence-electron chi connectivity index (χ2n) is 2.36. The molecule has 0 aliphatic heterocycles. The molecule has 0 aromatic carbocycles. The zero-order chi connectivity index (χ0) is 7.56. The van der Waals surface area contributed by atoms with Gasteiger partial charge < -0.3 is 15.9 Å². The van der Waals surface area contributed by atoms with Gasteiger partial charge >= 0.3 is 0 Å². The number of aromatic amines is 2. The van der Waals surface area contributed by atoms with Crippen molar-refractivity contribution in [1.82, 2.24) is 10.2 Å². The van der Waals surface area contributed by atoms with Crippen LogP contribution in [0.5, 0.6) is 0 Å². The van der Waals surface area contributed by atoms with Crippen LogP contribution in [-0.4, -0.2) is 22.0 Å². The monoisotopic (exact) mass is 141 g/mol. The maximum absolute atomic E-state index is 10.6. The number of rotatable bonds is 3. The lowest BCUT2D eigenvalue weighted by Gasteiger charge is -2.08. The van der Waals surface area contributed by atoms with Crippen molar-refractivity contribution in [2.24, 2.45) is 5.73 Å². The van der Waals surface area contributed by atoms with Gasteiger partial charge in [0.15, 0.2) is 0 Å². The Labute approximate surface area is 58.8 Å². The van der Waals surface area contributed by atoms with E-state index in [1.165, 1.54) is 6.92 Å². The molecule has 0 aliphatic carbocycles. The number of hydrogen-bond donors (Lipinski definition) is 3. The molecule has 0 fully saturated rings. The minimum absolute atomic E-state index is 0.0228. The van der Waals surface area contributed by atoms with E-state index in [2.05, 4.69) is 10.2 Å². The van der Waals surface area contributed by atoms with Gasteiger partial charge in [0.05, 0.1) is 11.7 Å². The van der Waals surface area contributed by atoms with Crippen LogP contribution in [0, 0.1) is 0 Å². The molecule has 1 heterocycles. The smallest absolute Gasteiger partial charge is 0.146 e. The van der Waals surface area contributed by atoms with Gasteiger partial charge in [-0.05, 0) is 6.92 Å². The predicted molar refractivity (Wildman–Crippen MR) is 37.5 cm³/mol. The van der Waals surface area contributed by atoms with Crippen LogP contribution in [0.2, 0.25) is 0 Å². The van der Waals surface area contributed by atoms with E-state index in [1.807, 2.05) is 0 Å². The maximum atomic E-state index is 10.6. The first-order valence-electron chi connectivity index (χ1n) is 3.17. The number of ketones is 1. The van der Waals surface area contributed by atoms with Crippen molar-refractivity contribution in [2.45, 2.75) is 19.4 Å². The average Bonchev–Trinajstić information content (AvgIpc) is 1.77. The average molecular weight is 141 g/mol. The topological polar surface area (TPSA) is 74.7 Å². The molecule has 4 heteroatoms. The SMILES string of the molecule is CC(=O)[C@H](N)Cc1c[nH][nH]1. The fourth-order valence-corrected chi connectivity index (χ4v) is 0.665. The number of carbonyl (C=O) groups is 1. The van der Waals surface area contributed by atoms with E-state index < -0.39 is 0 Å². The fraction of sp³-hybridized carbons (Fsp3) is 0.500. The summed E-state index contributed by atoms with van der Waals surface area (Å²) in [7, 11) is 0. The molecular weight excluding hydrogens is 130 g/mol. The van der Waals surface area contributed by atoms with Crippen molar-refractivity contribution < 1.29 is 4.79 Å². The molecule has 0 radical (unpaired) electrons. The molecular formula is C6H11N3O. The van der Waals surface area contributed by atoms with Gasteiger partial charge in [0.25, 0.3) is 0 Å². The number of nitrogens with one attached hydrogen (secondary N) is 2. The van der Waals surface area contributed by atoms with E-state index in [0.29, 0.717) is 6.42 Å². The summed E-state index contributed by atoms with van der Waals surface area (Å²) in [6.07, 6.45) is 2.39. The first-order valence-corrected chi connectivity index (χ1v) is 3.17. The van der Waals surface area contributed by atoms with Crippen LogP contribution in [0.25, 0.3) is 0 Å². The van der Waals surface area contributed by atoms with Crippen LogP contribution in [0.1, 0.15) is 12.6 Å². The highest BCUT2D eigenvalue weighted by molar-refractivity contribution is 5.81. The Morgan fingerprint density at radius 2 is 2.50 bits per heavy atom. The van der Waals surface area contributed by atoms with Crippen molar-refractivity contribution in [2.75, 3.05) is 0 Å². The van der Waals surface area contributed by atoms with E-state index in [9.17, 15) is 4.79 Å². The largest absolute Gasteiger partial charge is 0.321 e. The van der Waals surface area contributed by atoms with Crippen LogP contribution in [0.15, 0.2) is 6.20 Å². The minimum atomic E-state index is -0.360. The third kappa shape index (κ3) is 1.48. The second kappa shape index (κ2) is 2.70. The summed E-state index contributed by atoms with van der Waals surface area (Å²) < 4.78 is 0. The summed E-state index contributed by atoms with van der Waals surface area (Å²) in [5.41, 5.74) is 6.46. The summed E-state index contributed by atoms with van der Waals surface area (Å²) in [5, 5.41) is 5.54. The Morgan fingerprint density at radius 1 is 1.90 bits per heavy atom. The van der Waals surface area contributed by atoms with Crippen LogP contribution in [0.3, 0.4) is 0 Å². The lowest BCUT2D eigenvalue weighted by atomic mass is 10.1. The molecule has 0 saturated carbocycles. The molecule has 1 aromatic heterocycles. The number of Topliss-reactive ketones (excluding diaryl/α,β-unsaturated/α-hetero) is 1. The molecule has 0 unspecified atom stereocenters. The van der Waals surface area contributed by atoms with Crippen LogP contribution < -0.4 is 5.73 Å². The van der Waals surface area contributed by atoms with E-state index in [1.54, 1.807) is 6.20 Å². The van der Waals surface area contributed by atoms with E-state index in [-0.39, 0.29) is 11.8 Å². The molecule has 0 spiro atoms. The van der Waals surface area contributed by atoms with Crippen molar-refractivity contribution in [3.8, 4) is 0 Å². The van der Waals surface area contributed by atoms with Gasteiger partial charge in [0.1, 0.15) is 5.78 Å². The zero-order valence-corrected chi connectivity index (χ0v) is 5.85. The molecule has 10 heavy (non-hydrogen) atoms. The van der Waals surface area contributed by atoms with Crippen molar-refractivity contribution in [1.29, 1.82) is 0 Å². The highest BCUT2D eigenvalue weighted by Crippen LogP contribution is 1.96. The lowest BCUT2D eigenvalue weighted by Crippen LogP contribution is -2.31. The third-order valence-electron chi connectivity index (χ3n) is 1.44. The van der Waals surface area contributed by atoms with Crippen LogP contribution in [-0.2, 0) is 11.2 Å². The van der Waals surface area contributed by atoms with Gasteiger partial charge in [-0.2, -0.15) is 0 Å². The Bertz CT molecular complexity index is 204. The molecule has 1 atom stereocenters. The van der Waals surface area contributed by atoms with E-state index in [4.69, 9.17) is 5.73 Å². The normalized spacial score (nSPS) is 13.4. The first-order chi connectivity index (χ1) is 4.70. The summed E-state index contributed by atoms with van der Waals surface area (Å²) in [6, 6.07) is -0.360. The summed E-state index contributed by atoms with van der Waals surface area (Å²) in [4.78, 5) is 10.6. The quantitative estimate of drug-likeness (QED) is 0.545. The minimum Gasteiger partial charge on any atom is -0.321 e. The standard InChI is InChI=1S/C6H11N3O/c1-4(10)6(7)2-5-3-8-9-5/h3,6,8-9H,2,7H2,1H3/t6-/m1/s1. The molecule has 4 N–H and O–H groups in total. The van der Waals surface area contributed by atoms with Gasteiger partial charge in [0, 0.05) is 12.6 Å². The van der Waals surface area contributed by atoms with E-state index >= 15 is 0 Å². The van der Waals surface area contributed by atoms with Crippen molar-refractivity contribution >= 4 is 5.78 Å². The number of nitrogens with two attached hydrogens (primary N) is 1. The highest BCUT2D eigenvalue weighted by Gasteiger charge is 2.09. The summed E-state index contributed by atoms with van der Waals surface area (Å²) in [5.74, 6) is 0.0228. The summed E-state index contributed by atoms with van der Waals surface area (Å²) >= 11 is 0. The molecule has 4 nitrogen and oxygen atoms in total. The van der Waals surface area contributed by atoms with Gasteiger partial charge in [-0.15, -0.1) is 0 Å². The number of H-pyrrole nitrogens is 2. The predicted octanol–water partition coefficient (Wildman–Crippen LogP) is -0.198. The highest BCUT2D eigenvalue weighted by atomic mass is 16.1. The van der Waals surface area contributed by atoms with Crippen LogP contribution >= 0.6 is 0 Å². The molecule has 0 saturated heterocycles. The molecule has 1 rings (SSSR count). The van der Waals surface area contributed by atoms with Gasteiger partial charge in [-0.1, -0.05) is 0 Å². The van der Waals surface area contributed by atoms with Gasteiger partial charge in [-0.25, -0.2) is 0 Å². The zero-order valence-electron chi connectivity index (χ0n) is 5.85. The van der Waals surface area contributed by atoms with Gasteiger partial charge in [-0.3, -0.25) is 4.79 Å². The molecule has 0 bridgehead atoms. The molecule has 56 valence electrons. The maximum Gasteiger partial charge on any atom is 0.146 e. The Balaban J connectivity index is 2.36. The van der Waals surface area contributed by atoms with E-state index in [0.717, 1.165) is 5.69 Å². The molecule has 0 amide bonds. The number of hydrogen-bond acceptors (Lipinski definition) is 2. The van der Waals surface area contributed by atoms with Crippen LogP contribution in [0.4, 0.5) is 0 Å². The Hall–Kier alpha value is -1.03. The molecule has 1 aromatic rings. The second-order valence-corrected chi connectivity index (χ2v) is 2.36. The third-order valence-corrected chi connectivity index (χ3v) is 1.44. The van der Waals surface area contributed by atoms with Crippen molar-refractivity contribution in [3.63, 3.8) is 0 Å². The summed E-state index contributed by atoms with van der Waals surface area (Å²) in [6.45, 7) is 1.50. The fourth-order valence-electron chi connectivity index (χ4n) is 0.665. The number of aromatic nitrogens is 2. The van der Waals surface area contributed by atoms with Gasteiger partial charge in [0.2, 0.25) is 0 Å². The number of carbonyl (C=O) groups excluding carboxylic acids is 1. The van der Waals surface area contributed by atoms with Crippen molar-refractivity contribution in [3.05, 3.63) is 11.9 Å².